The molecule has 13 atom stereocenters. The molecule has 2 N–H and O–H groups in total. The maximum Gasteiger partial charge on any atom is 0.408 e. The summed E-state index contributed by atoms with van der Waals surface area (Å²) in [6, 6.07) is -1.19. The molecule has 3 fully saturated rings. The van der Waals surface area contributed by atoms with Gasteiger partial charge < -0.3 is 43.7 Å². The lowest BCUT2D eigenvalue weighted by molar-refractivity contribution is -0.295. The van der Waals surface area contributed by atoms with Crippen molar-refractivity contribution < 1.29 is 57.5 Å². The number of Topliss-reactive ketones (excluding diaryl/α,β-unsaturated/α-hetero) is 2. The number of likely N-dealkylation sites (N-methyl/N-ethyl adjacent to an activating group) is 1. The Morgan fingerprint density at radius 2 is 1.67 bits per heavy atom. The van der Waals surface area contributed by atoms with Crippen LogP contribution >= 0.6 is 0 Å². The topological polar surface area (TPSA) is 176 Å². The third-order valence-electron chi connectivity index (χ3n) is 11.2. The molecule has 0 aromatic carbocycles. The first-order chi connectivity index (χ1) is 22.7. The predicted molar refractivity (Wildman–Crippen MR) is 176 cm³/mol. The number of cyclic esters (lactones) is 1. The van der Waals surface area contributed by atoms with Gasteiger partial charge in [-0.1, -0.05) is 27.7 Å². The summed E-state index contributed by atoms with van der Waals surface area (Å²) in [6.07, 6.45) is -5.27. The normalized spacial score (nSPS) is 42.5. The molecule has 4 unspecified atom stereocenters. The molecule has 0 aromatic heterocycles. The van der Waals surface area contributed by atoms with Gasteiger partial charge in [0.1, 0.15) is 23.4 Å². The van der Waals surface area contributed by atoms with Crippen molar-refractivity contribution in [3.8, 4) is 0 Å². The number of amides is 1. The molecule has 3 aliphatic heterocycles. The zero-order valence-electron chi connectivity index (χ0n) is 31.2. The Balaban J connectivity index is 2.23. The van der Waals surface area contributed by atoms with Crippen molar-refractivity contribution in [3.63, 3.8) is 0 Å². The number of hydrogen-bond acceptors (Lipinski definition) is 13. The summed E-state index contributed by atoms with van der Waals surface area (Å²) in [4.78, 5) is 70.2. The van der Waals surface area contributed by atoms with Crippen LogP contribution in [0.5, 0.6) is 0 Å². The van der Waals surface area contributed by atoms with Gasteiger partial charge in [-0.05, 0) is 67.5 Å². The van der Waals surface area contributed by atoms with E-state index in [0.717, 1.165) is 0 Å². The Hall–Kier alpha value is -2.65. The first-order valence-corrected chi connectivity index (χ1v) is 17.3. The van der Waals surface area contributed by atoms with E-state index >= 15 is 0 Å². The van der Waals surface area contributed by atoms with Crippen LogP contribution in [0, 0.1) is 23.2 Å². The Bertz CT molecular complexity index is 1240. The monoisotopic (exact) mass is 698 g/mol. The lowest BCUT2D eigenvalue weighted by Gasteiger charge is -2.47. The summed E-state index contributed by atoms with van der Waals surface area (Å²) in [5.41, 5.74) is -4.70. The number of ketones is 2. The Kier molecular flexibility index (Phi) is 13.1. The number of aliphatic hydroxyl groups excluding tert-OH is 1. The summed E-state index contributed by atoms with van der Waals surface area (Å²) < 4.78 is 35.5. The minimum absolute atomic E-state index is 0.0726. The van der Waals surface area contributed by atoms with Gasteiger partial charge in [-0.3, -0.25) is 19.2 Å². The largest absolute Gasteiger partial charge is 0.469 e. The van der Waals surface area contributed by atoms with Gasteiger partial charge in [-0.25, -0.2) is 4.79 Å². The van der Waals surface area contributed by atoms with E-state index in [2.05, 4.69) is 5.32 Å². The summed E-state index contributed by atoms with van der Waals surface area (Å²) in [7, 11) is 6.34. The van der Waals surface area contributed by atoms with Gasteiger partial charge >= 0.3 is 18.0 Å². The van der Waals surface area contributed by atoms with E-state index < -0.39 is 88.8 Å². The zero-order valence-corrected chi connectivity index (χ0v) is 31.2. The molecule has 280 valence electrons. The van der Waals surface area contributed by atoms with Gasteiger partial charge in [0.15, 0.2) is 17.7 Å². The number of fused-ring (bicyclic) bond motifs is 1. The van der Waals surface area contributed by atoms with Crippen LogP contribution in [0.3, 0.4) is 0 Å². The van der Waals surface area contributed by atoms with Crippen LogP contribution in [0.2, 0.25) is 0 Å². The summed E-state index contributed by atoms with van der Waals surface area (Å²) in [5, 5.41) is 14.2. The fraction of sp³-hybridized carbons (Fsp3) is 0.857. The molecule has 3 rings (SSSR count). The van der Waals surface area contributed by atoms with E-state index in [1.165, 1.54) is 21.1 Å². The number of alkyl carbamates (subject to hydrolysis) is 1. The molecule has 14 heteroatoms. The average molecular weight is 699 g/mol. The molecular weight excluding hydrogens is 640 g/mol. The highest BCUT2D eigenvalue weighted by molar-refractivity contribution is 6.05. The van der Waals surface area contributed by atoms with E-state index in [4.69, 9.17) is 28.4 Å². The van der Waals surface area contributed by atoms with Gasteiger partial charge in [-0.2, -0.15) is 0 Å². The molecule has 3 aliphatic rings. The highest BCUT2D eigenvalue weighted by Crippen LogP contribution is 2.43. The number of methoxy groups -OCH3 is 2. The van der Waals surface area contributed by atoms with E-state index in [9.17, 15) is 29.1 Å². The summed E-state index contributed by atoms with van der Waals surface area (Å²) in [5.74, 6) is -4.93. The van der Waals surface area contributed by atoms with Crippen molar-refractivity contribution >= 4 is 29.6 Å². The van der Waals surface area contributed by atoms with Crippen molar-refractivity contribution in [3.05, 3.63) is 0 Å². The molecule has 0 bridgehead atoms. The number of rotatable bonds is 8. The highest BCUT2D eigenvalue weighted by atomic mass is 16.7. The standard InChI is InChI=1S/C35H58N2O12/c1-13-23-35(8)27(36-32(43)49-35)20(4)25(39)18(2)17-34(7,45-12)29(48-30-26(40)22(37(9)10)16-19(3)46-30)21(5)28(41)33(6,31(42)47-23)15-14-24(38)44-11/h18-23,26-27,29-30,40H,13-17H2,1-12H3,(H,36,43)/t18-,19-,20+,21+,22+,23-,26-,27?,29-,30?,33?,34+,35?/m1/s1. The molecule has 3 saturated heterocycles. The Morgan fingerprint density at radius 3 is 2.22 bits per heavy atom. The van der Waals surface area contributed by atoms with Crippen molar-refractivity contribution in [2.45, 2.75) is 141 Å². The molecule has 3 heterocycles. The molecule has 1 amide bonds. The zero-order chi connectivity index (χ0) is 37.2. The molecule has 0 radical (unpaired) electrons. The molecule has 0 aromatic rings. The summed E-state index contributed by atoms with van der Waals surface area (Å²) >= 11 is 0. The first-order valence-electron chi connectivity index (χ1n) is 17.3. The van der Waals surface area contributed by atoms with Gasteiger partial charge in [0, 0.05) is 37.3 Å². The van der Waals surface area contributed by atoms with Crippen LogP contribution in [0.1, 0.15) is 87.5 Å². The third kappa shape index (κ3) is 8.14. The van der Waals surface area contributed by atoms with Crippen LogP contribution in [-0.2, 0) is 47.6 Å². The first kappa shape index (κ1) is 40.8. The fourth-order valence-corrected chi connectivity index (χ4v) is 7.96. The third-order valence-corrected chi connectivity index (χ3v) is 11.2. The van der Waals surface area contributed by atoms with Gasteiger partial charge in [-0.15, -0.1) is 0 Å². The number of nitrogens with one attached hydrogen (secondary N) is 1. The quantitative estimate of drug-likeness (QED) is 0.215. The number of carbonyl (C=O) groups excluding carboxylic acids is 5. The number of aliphatic hydroxyl groups is 1. The van der Waals surface area contributed by atoms with Gasteiger partial charge in [0.2, 0.25) is 0 Å². The van der Waals surface area contributed by atoms with Crippen LogP contribution in [0.4, 0.5) is 4.79 Å². The summed E-state index contributed by atoms with van der Waals surface area (Å²) in [6.45, 7) is 13.4. The van der Waals surface area contributed by atoms with E-state index in [-0.39, 0.29) is 43.6 Å². The van der Waals surface area contributed by atoms with E-state index in [1.54, 1.807) is 41.5 Å². The van der Waals surface area contributed by atoms with Crippen molar-refractivity contribution in [1.29, 1.82) is 0 Å². The number of ether oxygens (including phenoxy) is 6. The molecular formula is C35H58N2O12. The maximum absolute atomic E-state index is 14.8. The van der Waals surface area contributed by atoms with Crippen LogP contribution in [-0.4, -0.2) is 122 Å². The van der Waals surface area contributed by atoms with Crippen LogP contribution in [0.25, 0.3) is 0 Å². The minimum atomic E-state index is -1.90. The second kappa shape index (κ2) is 15.7. The number of carbonyl (C=O) groups is 5. The second-order valence-corrected chi connectivity index (χ2v) is 15.0. The van der Waals surface area contributed by atoms with E-state index in [0.29, 0.717) is 6.42 Å². The predicted octanol–water partition coefficient (Wildman–Crippen LogP) is 2.80. The number of hydrogen-bond donors (Lipinski definition) is 2. The average Bonchev–Trinajstić information content (AvgIpc) is 3.37. The second-order valence-electron chi connectivity index (χ2n) is 15.0. The minimum Gasteiger partial charge on any atom is -0.469 e. The lowest BCUT2D eigenvalue weighted by atomic mass is 9.70. The molecule has 49 heavy (non-hydrogen) atoms. The Morgan fingerprint density at radius 1 is 1.04 bits per heavy atom. The molecule has 14 nitrogen and oxygen atoms in total. The molecule has 0 aliphatic carbocycles. The van der Waals surface area contributed by atoms with Crippen molar-refractivity contribution in [2.24, 2.45) is 23.2 Å². The smallest absolute Gasteiger partial charge is 0.408 e. The van der Waals surface area contributed by atoms with Gasteiger partial charge in [0.25, 0.3) is 0 Å². The Labute approximate surface area is 290 Å². The van der Waals surface area contributed by atoms with Crippen LogP contribution in [0.15, 0.2) is 0 Å². The fourth-order valence-electron chi connectivity index (χ4n) is 7.96. The van der Waals surface area contributed by atoms with Crippen molar-refractivity contribution in [1.82, 2.24) is 10.2 Å². The lowest BCUT2D eigenvalue weighted by Crippen LogP contribution is -2.61. The van der Waals surface area contributed by atoms with E-state index in [1.807, 2.05) is 25.9 Å². The highest BCUT2D eigenvalue weighted by Gasteiger charge is 2.59. The molecule has 0 saturated carbocycles. The maximum atomic E-state index is 14.8. The number of nitrogens with zero attached hydrogens (tertiary/aromatic N) is 1. The number of esters is 2. The van der Waals surface area contributed by atoms with Crippen LogP contribution < -0.4 is 5.32 Å². The van der Waals surface area contributed by atoms with Crippen molar-refractivity contribution in [2.75, 3.05) is 28.3 Å². The molecule has 0 spiro atoms. The SMILES string of the molecule is CC[C@H]1OC(=O)C(C)(CCC(=O)OC)C(=O)[C@H](C)[C@@H](OC2O[C@H](C)C[C@H](N(C)C)[C@H]2O)[C@@](C)(OC)C[C@@H](C)C(=O)[C@H](C)C2NC(=O)OC21C. The van der Waals surface area contributed by atoms with Gasteiger partial charge in [0.05, 0.1) is 31.0 Å².